The Balaban J connectivity index is 0. The molecule has 0 aliphatic rings. The van der Waals surface area contributed by atoms with Gasteiger partial charge in [0.2, 0.25) is 0 Å². The van der Waals surface area contributed by atoms with Gasteiger partial charge in [0.05, 0.1) is 17.4 Å². The van der Waals surface area contributed by atoms with E-state index in [1.807, 2.05) is 41.5 Å². The summed E-state index contributed by atoms with van der Waals surface area (Å²) in [5, 5.41) is 0. The van der Waals surface area contributed by atoms with Gasteiger partial charge < -0.3 is 9.47 Å². The Morgan fingerprint density at radius 2 is 1.18 bits per heavy atom. The van der Waals surface area contributed by atoms with Gasteiger partial charge in [-0.05, 0) is 64.7 Å². The molecule has 0 aliphatic heterocycles. The molecule has 0 amide bonds. The molecule has 0 aliphatic carbocycles. The van der Waals surface area contributed by atoms with Crippen LogP contribution in [-0.4, -0.2) is 24.6 Å². The summed E-state index contributed by atoms with van der Waals surface area (Å²) in [6.45, 7) is 25.5. The molecule has 33 heavy (non-hydrogen) atoms. The highest BCUT2D eigenvalue weighted by Gasteiger charge is 2.33. The SMILES string of the molecule is CCC(C)C(OC(=O)C(C)(C)CC)C(C)CC.CCCCC(CC)COC(=O)C(C)(C)CC. The number of hydrogen-bond acceptors (Lipinski definition) is 4. The minimum absolute atomic E-state index is 0.0504. The quantitative estimate of drug-likeness (QED) is 0.225. The van der Waals surface area contributed by atoms with Crippen LogP contribution < -0.4 is 0 Å². The Morgan fingerprint density at radius 1 is 0.727 bits per heavy atom. The lowest BCUT2D eigenvalue weighted by atomic mass is 9.87. The molecule has 0 spiro atoms. The Morgan fingerprint density at radius 3 is 1.55 bits per heavy atom. The van der Waals surface area contributed by atoms with E-state index in [0.29, 0.717) is 24.4 Å². The minimum Gasteiger partial charge on any atom is -0.465 e. The van der Waals surface area contributed by atoms with E-state index in [1.165, 1.54) is 19.3 Å². The summed E-state index contributed by atoms with van der Waals surface area (Å²) >= 11 is 0. The van der Waals surface area contributed by atoms with Gasteiger partial charge in [0.1, 0.15) is 6.10 Å². The fourth-order valence-corrected chi connectivity index (χ4v) is 3.12. The van der Waals surface area contributed by atoms with Crippen LogP contribution in [0.4, 0.5) is 0 Å². The molecule has 0 saturated heterocycles. The summed E-state index contributed by atoms with van der Waals surface area (Å²) in [4.78, 5) is 23.9. The van der Waals surface area contributed by atoms with Crippen molar-refractivity contribution in [1.82, 2.24) is 0 Å². The van der Waals surface area contributed by atoms with Crippen molar-refractivity contribution >= 4 is 11.9 Å². The van der Waals surface area contributed by atoms with Crippen molar-refractivity contribution in [2.45, 2.75) is 141 Å². The summed E-state index contributed by atoms with van der Waals surface area (Å²) in [7, 11) is 0. The number of hydrogen-bond donors (Lipinski definition) is 0. The van der Waals surface area contributed by atoms with E-state index in [4.69, 9.17) is 9.47 Å². The molecule has 0 aromatic heterocycles. The maximum Gasteiger partial charge on any atom is 0.311 e. The summed E-state index contributed by atoms with van der Waals surface area (Å²) < 4.78 is 11.2. The zero-order valence-corrected chi connectivity index (χ0v) is 24.3. The molecule has 3 atom stereocenters. The smallest absolute Gasteiger partial charge is 0.311 e. The average Bonchev–Trinajstić information content (AvgIpc) is 2.81. The van der Waals surface area contributed by atoms with Gasteiger partial charge in [-0.25, -0.2) is 0 Å². The van der Waals surface area contributed by atoms with Crippen molar-refractivity contribution in [3.63, 3.8) is 0 Å². The monoisotopic (exact) mass is 470 g/mol. The predicted octanol–water partition coefficient (Wildman–Crippen LogP) is 8.61. The Bertz CT molecular complexity index is 514. The second kappa shape index (κ2) is 17.4. The van der Waals surface area contributed by atoms with Crippen LogP contribution >= 0.6 is 0 Å². The van der Waals surface area contributed by atoms with Crippen molar-refractivity contribution in [2.75, 3.05) is 6.61 Å². The van der Waals surface area contributed by atoms with Crippen molar-refractivity contribution in [1.29, 1.82) is 0 Å². The second-order valence-corrected chi connectivity index (χ2v) is 11.1. The van der Waals surface area contributed by atoms with E-state index in [9.17, 15) is 9.59 Å². The number of ether oxygens (including phenoxy) is 2. The molecule has 3 unspecified atom stereocenters. The fraction of sp³-hybridized carbons (Fsp3) is 0.931. The van der Waals surface area contributed by atoms with Gasteiger partial charge in [-0.3, -0.25) is 9.59 Å². The Hall–Kier alpha value is -1.06. The molecule has 0 aromatic carbocycles. The first-order valence-corrected chi connectivity index (χ1v) is 13.7. The summed E-state index contributed by atoms with van der Waals surface area (Å²) in [6, 6.07) is 0. The van der Waals surface area contributed by atoms with Crippen molar-refractivity contribution in [3.8, 4) is 0 Å². The molecule has 0 rings (SSSR count). The molecule has 0 saturated carbocycles. The standard InChI is InChI=1S/C15H30O2.C14H28O2/c1-8-11(4)13(12(5)9-2)17-14(16)15(6,7)10-3;1-6-9-10-12(7-2)11-16-13(15)14(4,5)8-3/h11-13H,8-10H2,1-7H3;12H,6-11H2,1-5H3. The third kappa shape index (κ3) is 13.4. The van der Waals surface area contributed by atoms with E-state index in [0.717, 1.165) is 32.1 Å². The zero-order valence-electron chi connectivity index (χ0n) is 24.3. The zero-order chi connectivity index (χ0) is 26.2. The lowest BCUT2D eigenvalue weighted by molar-refractivity contribution is -0.165. The maximum absolute atomic E-state index is 12.1. The first-order valence-electron chi connectivity index (χ1n) is 13.7. The van der Waals surface area contributed by atoms with E-state index < -0.39 is 0 Å². The van der Waals surface area contributed by atoms with E-state index in [1.54, 1.807) is 0 Å². The summed E-state index contributed by atoms with van der Waals surface area (Å²) in [5.74, 6) is 1.30. The molecule has 0 radical (unpaired) electrons. The maximum atomic E-state index is 12.1. The van der Waals surface area contributed by atoms with Crippen LogP contribution in [0.15, 0.2) is 0 Å². The highest BCUT2D eigenvalue weighted by Crippen LogP contribution is 2.28. The first kappa shape index (κ1) is 34.1. The van der Waals surface area contributed by atoms with Gasteiger partial charge in [-0.15, -0.1) is 0 Å². The third-order valence-corrected chi connectivity index (χ3v) is 7.52. The predicted molar refractivity (Wildman–Crippen MR) is 141 cm³/mol. The third-order valence-electron chi connectivity index (χ3n) is 7.52. The molecular formula is C29H58O4. The second-order valence-electron chi connectivity index (χ2n) is 11.1. The largest absolute Gasteiger partial charge is 0.465 e. The summed E-state index contributed by atoms with van der Waals surface area (Å²) in [6.07, 6.45) is 8.52. The lowest BCUT2D eigenvalue weighted by Crippen LogP contribution is -2.36. The molecular weight excluding hydrogens is 412 g/mol. The van der Waals surface area contributed by atoms with Gasteiger partial charge >= 0.3 is 11.9 Å². The van der Waals surface area contributed by atoms with Gasteiger partial charge in [0.15, 0.2) is 0 Å². The number of unbranched alkanes of at least 4 members (excludes halogenated alkanes) is 1. The van der Waals surface area contributed by atoms with Crippen molar-refractivity contribution in [2.24, 2.45) is 28.6 Å². The van der Waals surface area contributed by atoms with Crippen LogP contribution in [0.5, 0.6) is 0 Å². The molecule has 0 N–H and O–H groups in total. The van der Waals surface area contributed by atoms with E-state index in [2.05, 4.69) is 41.5 Å². The molecule has 4 nitrogen and oxygen atoms in total. The highest BCUT2D eigenvalue weighted by atomic mass is 16.5. The number of rotatable bonds is 15. The van der Waals surface area contributed by atoms with Crippen LogP contribution in [0.1, 0.15) is 134 Å². The van der Waals surface area contributed by atoms with E-state index >= 15 is 0 Å². The van der Waals surface area contributed by atoms with Gasteiger partial charge in [-0.1, -0.05) is 87.5 Å². The van der Waals surface area contributed by atoms with Gasteiger partial charge in [0.25, 0.3) is 0 Å². The topological polar surface area (TPSA) is 52.6 Å². The number of carbonyl (C=O) groups is 2. The van der Waals surface area contributed by atoms with Crippen LogP contribution in [0, 0.1) is 28.6 Å². The molecule has 198 valence electrons. The van der Waals surface area contributed by atoms with Crippen LogP contribution in [0.2, 0.25) is 0 Å². The van der Waals surface area contributed by atoms with Crippen molar-refractivity contribution in [3.05, 3.63) is 0 Å². The number of carbonyl (C=O) groups excluding carboxylic acids is 2. The molecule has 0 aromatic rings. The van der Waals surface area contributed by atoms with Crippen LogP contribution in [0.3, 0.4) is 0 Å². The molecule has 0 bridgehead atoms. The molecule has 0 fully saturated rings. The average molecular weight is 471 g/mol. The Labute approximate surface area is 207 Å². The van der Waals surface area contributed by atoms with Gasteiger partial charge in [0, 0.05) is 0 Å². The first-order chi connectivity index (χ1) is 15.3. The Kier molecular flexibility index (Phi) is 18.0. The summed E-state index contributed by atoms with van der Waals surface area (Å²) in [5.41, 5.74) is -0.692. The molecule has 0 heterocycles. The van der Waals surface area contributed by atoms with Crippen LogP contribution in [0.25, 0.3) is 0 Å². The molecule has 4 heteroatoms. The van der Waals surface area contributed by atoms with Gasteiger partial charge in [-0.2, -0.15) is 0 Å². The highest BCUT2D eigenvalue weighted by molar-refractivity contribution is 5.76. The minimum atomic E-state index is -0.362. The lowest BCUT2D eigenvalue weighted by Gasteiger charge is -2.31. The van der Waals surface area contributed by atoms with Crippen molar-refractivity contribution < 1.29 is 19.1 Å². The normalized spacial score (nSPS) is 15.5. The fourth-order valence-electron chi connectivity index (χ4n) is 3.12. The van der Waals surface area contributed by atoms with E-state index in [-0.39, 0.29) is 28.9 Å². The number of esters is 2. The van der Waals surface area contributed by atoms with Crippen LogP contribution in [-0.2, 0) is 19.1 Å².